The predicted octanol–water partition coefficient (Wildman–Crippen LogP) is 2.84. The minimum absolute atomic E-state index is 0. The fraction of sp³-hybridized carbons (Fsp3) is 0.556. The van der Waals surface area contributed by atoms with Crippen LogP contribution in [0, 0.1) is 0 Å². The molecule has 0 unspecified atom stereocenters. The Morgan fingerprint density at radius 3 is 2.52 bits per heavy atom. The lowest BCUT2D eigenvalue weighted by Gasteiger charge is -2.34. The molecular formula is C18H27ClN2O2. The summed E-state index contributed by atoms with van der Waals surface area (Å²) in [5, 5.41) is 3.26. The van der Waals surface area contributed by atoms with Crippen molar-refractivity contribution in [3.63, 3.8) is 0 Å². The van der Waals surface area contributed by atoms with E-state index in [1.807, 2.05) is 36.1 Å². The molecule has 1 heterocycles. The van der Waals surface area contributed by atoms with Gasteiger partial charge in [0.05, 0.1) is 0 Å². The van der Waals surface area contributed by atoms with Gasteiger partial charge in [-0.25, -0.2) is 0 Å². The number of amides is 1. The first kappa shape index (κ1) is 19.7. The highest BCUT2D eigenvalue weighted by molar-refractivity contribution is 5.98. The average Bonchev–Trinajstić information content (AvgIpc) is 2.54. The molecule has 1 aliphatic rings. The van der Waals surface area contributed by atoms with Gasteiger partial charge in [0.25, 0.3) is 0 Å². The standard InChI is InChI=1S/C18H26N2O2.ClH/c1-3-4-15-5-7-16(8-6-15)17(21)9-10-18(22)20-12-11-19-13-14(20)2;/h5-8,14,19H,3-4,9-13H2,1-2H3;1H/t14-;/m1./s1. The molecule has 0 bridgehead atoms. The molecule has 1 N–H and O–H groups in total. The average molecular weight is 339 g/mol. The van der Waals surface area contributed by atoms with Gasteiger partial charge in [-0.2, -0.15) is 0 Å². The molecule has 1 fully saturated rings. The van der Waals surface area contributed by atoms with Crippen LogP contribution in [0.3, 0.4) is 0 Å². The van der Waals surface area contributed by atoms with E-state index >= 15 is 0 Å². The topological polar surface area (TPSA) is 49.4 Å². The molecule has 1 saturated heterocycles. The second kappa shape index (κ2) is 9.68. The van der Waals surface area contributed by atoms with E-state index in [1.165, 1.54) is 5.56 Å². The number of rotatable bonds is 6. The molecule has 128 valence electrons. The molecule has 23 heavy (non-hydrogen) atoms. The normalized spacial score (nSPS) is 17.5. The van der Waals surface area contributed by atoms with Gasteiger partial charge >= 0.3 is 0 Å². The van der Waals surface area contributed by atoms with E-state index in [2.05, 4.69) is 12.2 Å². The molecule has 0 saturated carbocycles. The fourth-order valence-corrected chi connectivity index (χ4v) is 2.87. The number of benzene rings is 1. The molecule has 1 amide bonds. The Hall–Kier alpha value is -1.39. The van der Waals surface area contributed by atoms with Gasteiger partial charge in [0.2, 0.25) is 5.91 Å². The summed E-state index contributed by atoms with van der Waals surface area (Å²) in [5.74, 6) is 0.143. The van der Waals surface area contributed by atoms with Crippen LogP contribution in [-0.4, -0.2) is 42.3 Å². The van der Waals surface area contributed by atoms with Crippen LogP contribution in [0.25, 0.3) is 0 Å². The lowest BCUT2D eigenvalue weighted by atomic mass is 10.0. The number of carbonyl (C=O) groups excluding carboxylic acids is 2. The monoisotopic (exact) mass is 338 g/mol. The number of hydrogen-bond acceptors (Lipinski definition) is 3. The number of nitrogens with one attached hydrogen (secondary N) is 1. The van der Waals surface area contributed by atoms with Gasteiger partial charge in [-0.3, -0.25) is 9.59 Å². The summed E-state index contributed by atoms with van der Waals surface area (Å²) in [6.45, 7) is 6.58. The second-order valence-corrected chi connectivity index (χ2v) is 6.01. The number of nitrogens with zero attached hydrogens (tertiary/aromatic N) is 1. The molecule has 5 heteroatoms. The molecule has 0 aromatic heterocycles. The van der Waals surface area contributed by atoms with Gasteiger partial charge in [-0.1, -0.05) is 37.6 Å². The zero-order chi connectivity index (χ0) is 15.9. The van der Waals surface area contributed by atoms with Crippen LogP contribution >= 0.6 is 12.4 Å². The molecule has 0 aliphatic carbocycles. The predicted molar refractivity (Wildman–Crippen MR) is 95.3 cm³/mol. The molecule has 1 aromatic rings. The van der Waals surface area contributed by atoms with Crippen molar-refractivity contribution in [1.82, 2.24) is 10.2 Å². The van der Waals surface area contributed by atoms with Gasteiger partial charge in [0.1, 0.15) is 0 Å². The highest BCUT2D eigenvalue weighted by atomic mass is 35.5. The van der Waals surface area contributed by atoms with E-state index in [4.69, 9.17) is 0 Å². The summed E-state index contributed by atoms with van der Waals surface area (Å²) in [5.41, 5.74) is 1.96. The summed E-state index contributed by atoms with van der Waals surface area (Å²) in [6, 6.07) is 7.99. The molecule has 2 rings (SSSR count). The quantitative estimate of drug-likeness (QED) is 0.811. The van der Waals surface area contributed by atoms with Crippen molar-refractivity contribution >= 4 is 24.1 Å². The summed E-state index contributed by atoms with van der Waals surface area (Å²) in [6.07, 6.45) is 2.74. The number of Topliss-reactive ketones (excluding diaryl/α,β-unsaturated/α-hetero) is 1. The molecule has 0 radical (unpaired) electrons. The van der Waals surface area contributed by atoms with Crippen molar-refractivity contribution in [2.24, 2.45) is 0 Å². The molecule has 0 spiro atoms. The van der Waals surface area contributed by atoms with E-state index in [0.29, 0.717) is 18.4 Å². The summed E-state index contributed by atoms with van der Waals surface area (Å²) in [7, 11) is 0. The third-order valence-corrected chi connectivity index (χ3v) is 4.20. The van der Waals surface area contributed by atoms with E-state index in [1.54, 1.807) is 0 Å². The first-order valence-corrected chi connectivity index (χ1v) is 8.24. The number of piperazine rings is 1. The van der Waals surface area contributed by atoms with E-state index in [0.717, 1.165) is 32.5 Å². The maximum atomic E-state index is 12.2. The molecule has 1 aliphatic heterocycles. The maximum absolute atomic E-state index is 12.2. The zero-order valence-electron chi connectivity index (χ0n) is 14.0. The van der Waals surface area contributed by atoms with Gasteiger partial charge in [0.15, 0.2) is 5.78 Å². The van der Waals surface area contributed by atoms with Crippen LogP contribution in [-0.2, 0) is 11.2 Å². The van der Waals surface area contributed by atoms with E-state index in [-0.39, 0.29) is 30.1 Å². The van der Waals surface area contributed by atoms with Crippen LogP contribution in [0.2, 0.25) is 0 Å². The van der Waals surface area contributed by atoms with Crippen molar-refractivity contribution in [3.8, 4) is 0 Å². The lowest BCUT2D eigenvalue weighted by Crippen LogP contribution is -2.52. The van der Waals surface area contributed by atoms with Crippen molar-refractivity contribution in [2.75, 3.05) is 19.6 Å². The minimum Gasteiger partial charge on any atom is -0.337 e. The number of carbonyl (C=O) groups is 2. The summed E-state index contributed by atoms with van der Waals surface area (Å²) in [4.78, 5) is 26.3. The first-order chi connectivity index (χ1) is 10.6. The third-order valence-electron chi connectivity index (χ3n) is 4.20. The van der Waals surface area contributed by atoms with E-state index < -0.39 is 0 Å². The van der Waals surface area contributed by atoms with E-state index in [9.17, 15) is 9.59 Å². The molecule has 4 nitrogen and oxygen atoms in total. The lowest BCUT2D eigenvalue weighted by molar-refractivity contribution is -0.133. The Balaban J connectivity index is 0.00000264. The van der Waals surface area contributed by atoms with Crippen LogP contribution in [0.1, 0.15) is 49.0 Å². The molecule has 1 atom stereocenters. The Morgan fingerprint density at radius 2 is 1.91 bits per heavy atom. The molecular weight excluding hydrogens is 312 g/mol. The van der Waals surface area contributed by atoms with Crippen molar-refractivity contribution < 1.29 is 9.59 Å². The Labute approximate surface area is 145 Å². The highest BCUT2D eigenvalue weighted by Gasteiger charge is 2.23. The summed E-state index contributed by atoms with van der Waals surface area (Å²) >= 11 is 0. The van der Waals surface area contributed by atoms with Gasteiger partial charge in [0, 0.05) is 44.1 Å². The highest BCUT2D eigenvalue weighted by Crippen LogP contribution is 2.12. The zero-order valence-corrected chi connectivity index (χ0v) is 14.8. The first-order valence-electron chi connectivity index (χ1n) is 8.24. The van der Waals surface area contributed by atoms with Gasteiger partial charge in [-0.05, 0) is 18.9 Å². The van der Waals surface area contributed by atoms with Crippen LogP contribution in [0.15, 0.2) is 24.3 Å². The Kier molecular flexibility index (Phi) is 8.28. The Bertz CT molecular complexity index is 516. The molecule has 1 aromatic carbocycles. The summed E-state index contributed by atoms with van der Waals surface area (Å²) < 4.78 is 0. The van der Waals surface area contributed by atoms with Crippen LogP contribution in [0.4, 0.5) is 0 Å². The van der Waals surface area contributed by atoms with Crippen molar-refractivity contribution in [2.45, 2.75) is 45.6 Å². The van der Waals surface area contributed by atoms with Gasteiger partial charge in [-0.15, -0.1) is 12.4 Å². The van der Waals surface area contributed by atoms with Gasteiger partial charge < -0.3 is 10.2 Å². The fourth-order valence-electron chi connectivity index (χ4n) is 2.87. The Morgan fingerprint density at radius 1 is 1.22 bits per heavy atom. The smallest absolute Gasteiger partial charge is 0.223 e. The minimum atomic E-state index is 0. The maximum Gasteiger partial charge on any atom is 0.223 e. The SMILES string of the molecule is CCCc1ccc(C(=O)CCC(=O)N2CCNC[C@H]2C)cc1.Cl. The number of halogens is 1. The largest absolute Gasteiger partial charge is 0.337 e. The van der Waals surface area contributed by atoms with Crippen LogP contribution in [0.5, 0.6) is 0 Å². The van der Waals surface area contributed by atoms with Crippen molar-refractivity contribution in [3.05, 3.63) is 35.4 Å². The second-order valence-electron chi connectivity index (χ2n) is 6.01. The number of hydrogen-bond donors (Lipinski definition) is 1. The number of ketones is 1. The third kappa shape index (κ3) is 5.63. The number of aryl methyl sites for hydroxylation is 1. The van der Waals surface area contributed by atoms with Crippen LogP contribution < -0.4 is 5.32 Å². The van der Waals surface area contributed by atoms with Crippen molar-refractivity contribution in [1.29, 1.82) is 0 Å².